The van der Waals surface area contributed by atoms with E-state index in [9.17, 15) is 8.78 Å². The maximum absolute atomic E-state index is 12.5. The molecule has 0 aromatic heterocycles. The Labute approximate surface area is 58.5 Å². The van der Waals surface area contributed by atoms with Gasteiger partial charge in [0.25, 0.3) is 0 Å². The molecule has 0 aliphatic rings. The first kappa shape index (κ1) is 8.88. The summed E-state index contributed by atoms with van der Waals surface area (Å²) >= 11 is 0. The summed E-state index contributed by atoms with van der Waals surface area (Å²) in [5, 5.41) is 0. The molecule has 0 radical (unpaired) electrons. The van der Waals surface area contributed by atoms with Crippen LogP contribution in [0.4, 0.5) is 8.78 Å². The average molecular weight is 145 g/mol. The van der Waals surface area contributed by atoms with Crippen molar-refractivity contribution in [3.8, 4) is 0 Å². The van der Waals surface area contributed by atoms with Gasteiger partial charge in [0.1, 0.15) is 11.5 Å². The lowest BCUT2D eigenvalue weighted by Crippen LogP contribution is -2.00. The Morgan fingerprint density at radius 2 is 1.70 bits per heavy atom. The largest absolute Gasteiger partial charge is 0.394 e. The van der Waals surface area contributed by atoms with E-state index in [1.807, 2.05) is 0 Å². The smallest absolute Gasteiger partial charge is 0.151 e. The van der Waals surface area contributed by atoms with E-state index in [1.54, 1.807) is 0 Å². The molecule has 0 rings (SSSR count). The van der Waals surface area contributed by atoms with Gasteiger partial charge in [0.05, 0.1) is 0 Å². The molecule has 0 aromatic carbocycles. The second-order valence-corrected chi connectivity index (χ2v) is 1.91. The Hall–Kier alpha value is -1.12. The van der Waals surface area contributed by atoms with Crippen LogP contribution in [0, 0.1) is 0 Å². The molecule has 0 amide bonds. The molecule has 56 valence electrons. The molecule has 0 atom stereocenters. The molecular weight excluding hydrogens is 136 g/mol. The summed E-state index contributed by atoms with van der Waals surface area (Å²) in [6.45, 7) is 7.46. The molecule has 0 saturated carbocycles. The summed E-state index contributed by atoms with van der Waals surface area (Å²) in [6, 6.07) is 0. The minimum atomic E-state index is -0.972. The fourth-order valence-electron chi connectivity index (χ4n) is 0.349. The Morgan fingerprint density at radius 1 is 1.30 bits per heavy atom. The van der Waals surface area contributed by atoms with Crippen molar-refractivity contribution in [1.82, 2.24) is 0 Å². The van der Waals surface area contributed by atoms with E-state index in [-0.39, 0.29) is 5.57 Å². The topological polar surface area (TPSA) is 26.0 Å². The highest BCUT2D eigenvalue weighted by atomic mass is 19.1. The first-order chi connectivity index (χ1) is 4.46. The molecule has 0 spiro atoms. The summed E-state index contributed by atoms with van der Waals surface area (Å²) in [5.41, 5.74) is 4.45. The second-order valence-electron chi connectivity index (χ2n) is 1.91. The van der Waals surface area contributed by atoms with Gasteiger partial charge in [0, 0.05) is 0 Å². The van der Waals surface area contributed by atoms with Gasteiger partial charge in [-0.1, -0.05) is 13.2 Å². The van der Waals surface area contributed by atoms with E-state index in [4.69, 9.17) is 5.73 Å². The Bertz CT molecular complexity index is 182. The van der Waals surface area contributed by atoms with Crippen LogP contribution in [0.5, 0.6) is 0 Å². The fraction of sp³-hybridized carbons (Fsp3) is 0.143. The van der Waals surface area contributed by atoms with Crippen LogP contribution in [-0.4, -0.2) is 0 Å². The SMILES string of the molecule is C=C(F)/C(N)=C(/F)C(=C)C. The zero-order valence-electron chi connectivity index (χ0n) is 5.75. The zero-order chi connectivity index (χ0) is 8.31. The van der Waals surface area contributed by atoms with E-state index >= 15 is 0 Å². The third-order valence-electron chi connectivity index (χ3n) is 0.903. The van der Waals surface area contributed by atoms with Crippen molar-refractivity contribution in [2.45, 2.75) is 6.92 Å². The Kier molecular flexibility index (Phi) is 2.80. The van der Waals surface area contributed by atoms with Gasteiger partial charge in [0.2, 0.25) is 0 Å². The normalized spacial score (nSPS) is 12.3. The number of rotatable bonds is 2. The number of allylic oxidation sites excluding steroid dienone is 3. The molecule has 0 heterocycles. The van der Waals surface area contributed by atoms with Crippen molar-refractivity contribution < 1.29 is 8.78 Å². The Balaban J connectivity index is 4.67. The third kappa shape index (κ3) is 2.01. The average Bonchev–Trinajstić information content (AvgIpc) is 1.84. The van der Waals surface area contributed by atoms with Gasteiger partial charge >= 0.3 is 0 Å². The minimum absolute atomic E-state index is 0.0938. The molecule has 3 heteroatoms. The quantitative estimate of drug-likeness (QED) is 0.592. The number of hydrogen-bond acceptors (Lipinski definition) is 1. The molecule has 0 unspecified atom stereocenters. The van der Waals surface area contributed by atoms with Crippen LogP contribution in [-0.2, 0) is 0 Å². The number of hydrogen-bond donors (Lipinski definition) is 1. The third-order valence-corrected chi connectivity index (χ3v) is 0.903. The predicted octanol–water partition coefficient (Wildman–Crippen LogP) is 2.19. The van der Waals surface area contributed by atoms with Crippen LogP contribution in [0.1, 0.15) is 6.92 Å². The van der Waals surface area contributed by atoms with Crippen LogP contribution in [0.3, 0.4) is 0 Å². The molecule has 1 nitrogen and oxygen atoms in total. The van der Waals surface area contributed by atoms with E-state index in [1.165, 1.54) is 6.92 Å². The monoisotopic (exact) mass is 145 g/mol. The predicted molar refractivity (Wildman–Crippen MR) is 37.4 cm³/mol. The molecular formula is C7H9F2N. The van der Waals surface area contributed by atoms with Crippen molar-refractivity contribution in [3.63, 3.8) is 0 Å². The van der Waals surface area contributed by atoms with Gasteiger partial charge in [0.15, 0.2) is 5.83 Å². The maximum atomic E-state index is 12.5. The molecule has 0 aliphatic carbocycles. The van der Waals surface area contributed by atoms with Gasteiger partial charge in [-0.15, -0.1) is 0 Å². The fourth-order valence-corrected chi connectivity index (χ4v) is 0.349. The highest BCUT2D eigenvalue weighted by Gasteiger charge is 2.05. The van der Waals surface area contributed by atoms with Gasteiger partial charge in [-0.05, 0) is 12.5 Å². The molecule has 0 aromatic rings. The van der Waals surface area contributed by atoms with Gasteiger partial charge in [-0.3, -0.25) is 0 Å². The van der Waals surface area contributed by atoms with Gasteiger partial charge in [-0.25, -0.2) is 8.78 Å². The zero-order valence-corrected chi connectivity index (χ0v) is 5.75. The lowest BCUT2D eigenvalue weighted by Gasteiger charge is -1.98. The summed E-state index contributed by atoms with van der Waals surface area (Å²) in [7, 11) is 0. The summed E-state index contributed by atoms with van der Waals surface area (Å²) in [6.07, 6.45) is 0. The van der Waals surface area contributed by atoms with Gasteiger partial charge < -0.3 is 5.73 Å². The van der Waals surface area contributed by atoms with Crippen molar-refractivity contribution in [1.29, 1.82) is 0 Å². The summed E-state index contributed by atoms with van der Waals surface area (Å²) in [4.78, 5) is 0. The van der Waals surface area contributed by atoms with E-state index in [0.29, 0.717) is 0 Å². The molecule has 0 saturated heterocycles. The number of nitrogens with two attached hydrogens (primary N) is 1. The first-order valence-electron chi connectivity index (χ1n) is 2.62. The Morgan fingerprint density at radius 3 is 1.80 bits per heavy atom. The van der Waals surface area contributed by atoms with E-state index in [2.05, 4.69) is 13.2 Å². The van der Waals surface area contributed by atoms with Crippen LogP contribution < -0.4 is 5.73 Å². The van der Waals surface area contributed by atoms with Crippen LogP contribution in [0.25, 0.3) is 0 Å². The molecule has 0 aliphatic heterocycles. The lowest BCUT2D eigenvalue weighted by molar-refractivity contribution is 0.601. The molecule has 2 N–H and O–H groups in total. The molecule has 0 bridgehead atoms. The summed E-state index contributed by atoms with van der Waals surface area (Å²) < 4.78 is 24.6. The maximum Gasteiger partial charge on any atom is 0.151 e. The van der Waals surface area contributed by atoms with E-state index < -0.39 is 17.4 Å². The van der Waals surface area contributed by atoms with E-state index in [0.717, 1.165) is 0 Å². The highest BCUT2D eigenvalue weighted by molar-refractivity contribution is 5.32. The highest BCUT2D eigenvalue weighted by Crippen LogP contribution is 2.15. The number of halogens is 2. The van der Waals surface area contributed by atoms with Crippen LogP contribution in [0.2, 0.25) is 0 Å². The van der Waals surface area contributed by atoms with Crippen LogP contribution in [0.15, 0.2) is 36.1 Å². The molecule has 0 fully saturated rings. The lowest BCUT2D eigenvalue weighted by atomic mass is 10.2. The van der Waals surface area contributed by atoms with Crippen molar-refractivity contribution in [3.05, 3.63) is 36.1 Å². The standard InChI is InChI=1S/C7H9F2N/c1-4(2)6(9)7(10)5(3)8/h1,3,10H2,2H3/b7-6-. The second kappa shape index (κ2) is 3.15. The van der Waals surface area contributed by atoms with Gasteiger partial charge in [-0.2, -0.15) is 0 Å². The first-order valence-corrected chi connectivity index (χ1v) is 2.62. The van der Waals surface area contributed by atoms with Crippen molar-refractivity contribution >= 4 is 0 Å². The van der Waals surface area contributed by atoms with Crippen molar-refractivity contribution in [2.75, 3.05) is 0 Å². The van der Waals surface area contributed by atoms with Crippen molar-refractivity contribution in [2.24, 2.45) is 5.73 Å². The van der Waals surface area contributed by atoms with Crippen LogP contribution >= 0.6 is 0 Å². The molecule has 10 heavy (non-hydrogen) atoms. The minimum Gasteiger partial charge on any atom is -0.394 e. The summed E-state index contributed by atoms with van der Waals surface area (Å²) in [5.74, 6) is -1.81.